The average molecular weight is 349 g/mol. The van der Waals surface area contributed by atoms with E-state index < -0.39 is 0 Å². The number of aromatic nitrogens is 1. The predicted molar refractivity (Wildman–Crippen MR) is 101 cm³/mol. The fourth-order valence-corrected chi connectivity index (χ4v) is 2.95. The molecule has 6 heteroatoms. The lowest BCUT2D eigenvalue weighted by Gasteiger charge is -2.25. The number of nitrogens with two attached hydrogens (primary N) is 1. The van der Waals surface area contributed by atoms with Crippen molar-refractivity contribution < 1.29 is 4.79 Å². The van der Waals surface area contributed by atoms with E-state index in [2.05, 4.69) is 23.7 Å². The van der Waals surface area contributed by atoms with E-state index in [9.17, 15) is 4.79 Å². The number of anilines is 1. The van der Waals surface area contributed by atoms with Gasteiger partial charge in [-0.05, 0) is 37.4 Å². The van der Waals surface area contributed by atoms with E-state index in [0.29, 0.717) is 24.5 Å². The highest BCUT2D eigenvalue weighted by Crippen LogP contribution is 2.27. The topological polar surface area (TPSA) is 62.5 Å². The first-order valence-corrected chi connectivity index (χ1v) is 8.75. The molecular formula is C18H25ClN4O. The van der Waals surface area contributed by atoms with Crippen molar-refractivity contribution >= 4 is 34.1 Å². The lowest BCUT2D eigenvalue weighted by atomic mass is 10.1. The van der Waals surface area contributed by atoms with Crippen LogP contribution in [0, 0.1) is 0 Å². The van der Waals surface area contributed by atoms with Crippen molar-refractivity contribution in [3.8, 4) is 0 Å². The van der Waals surface area contributed by atoms with E-state index in [-0.39, 0.29) is 5.91 Å². The summed E-state index contributed by atoms with van der Waals surface area (Å²) in [6.07, 6.45) is 2.17. The Kier molecular flexibility index (Phi) is 6.97. The SMILES string of the molecule is CCN(CC)CCC(=O)N(CCN)c1ccnc2cc(Cl)ccc12. The van der Waals surface area contributed by atoms with Gasteiger partial charge in [0.15, 0.2) is 0 Å². The van der Waals surface area contributed by atoms with Crippen LogP contribution in [0.4, 0.5) is 5.69 Å². The minimum absolute atomic E-state index is 0.0785. The maximum atomic E-state index is 12.8. The van der Waals surface area contributed by atoms with Crippen molar-refractivity contribution in [2.24, 2.45) is 5.73 Å². The maximum Gasteiger partial charge on any atom is 0.228 e. The standard InChI is InChI=1S/C18H25ClN4O/c1-3-22(4-2)11-8-18(24)23(12-9-20)17-7-10-21-16-13-14(19)5-6-15(16)17/h5-7,10,13H,3-4,8-9,11-12,20H2,1-2H3. The maximum absolute atomic E-state index is 12.8. The quantitative estimate of drug-likeness (QED) is 0.796. The average Bonchev–Trinajstić information content (AvgIpc) is 2.59. The van der Waals surface area contributed by atoms with Gasteiger partial charge < -0.3 is 15.5 Å². The molecule has 0 aliphatic rings. The molecule has 1 amide bonds. The third-order valence-corrected chi connectivity index (χ3v) is 4.40. The van der Waals surface area contributed by atoms with Crippen LogP contribution in [-0.4, -0.2) is 48.5 Å². The molecule has 2 rings (SSSR count). The van der Waals surface area contributed by atoms with Gasteiger partial charge in [0.2, 0.25) is 5.91 Å². The van der Waals surface area contributed by atoms with Crippen LogP contribution in [0.5, 0.6) is 0 Å². The Labute approximate surface area is 148 Å². The Morgan fingerprint density at radius 2 is 1.96 bits per heavy atom. The van der Waals surface area contributed by atoms with Crippen molar-refractivity contribution in [3.05, 3.63) is 35.5 Å². The second-order valence-electron chi connectivity index (χ2n) is 5.60. The molecular weight excluding hydrogens is 324 g/mol. The number of fused-ring (bicyclic) bond motifs is 1. The molecule has 0 bridgehead atoms. The fraction of sp³-hybridized carbons (Fsp3) is 0.444. The van der Waals surface area contributed by atoms with E-state index in [1.165, 1.54) is 0 Å². The minimum atomic E-state index is 0.0785. The molecule has 2 N–H and O–H groups in total. The summed E-state index contributed by atoms with van der Waals surface area (Å²) >= 11 is 6.04. The van der Waals surface area contributed by atoms with Gasteiger partial charge in [0.25, 0.3) is 0 Å². The van der Waals surface area contributed by atoms with Gasteiger partial charge in [0.05, 0.1) is 11.2 Å². The van der Waals surface area contributed by atoms with Crippen LogP contribution in [0.25, 0.3) is 10.9 Å². The molecule has 0 fully saturated rings. The van der Waals surface area contributed by atoms with Crippen LogP contribution in [0.15, 0.2) is 30.5 Å². The number of amides is 1. The Morgan fingerprint density at radius 3 is 2.62 bits per heavy atom. The van der Waals surface area contributed by atoms with Gasteiger partial charge in [-0.3, -0.25) is 9.78 Å². The van der Waals surface area contributed by atoms with Gasteiger partial charge in [0, 0.05) is 42.7 Å². The summed E-state index contributed by atoms with van der Waals surface area (Å²) in [5, 5.41) is 1.54. The number of pyridine rings is 1. The summed E-state index contributed by atoms with van der Waals surface area (Å²) in [4.78, 5) is 21.1. The van der Waals surface area contributed by atoms with E-state index >= 15 is 0 Å². The Hall–Kier alpha value is -1.69. The summed E-state index contributed by atoms with van der Waals surface area (Å²) in [5.74, 6) is 0.0785. The molecule has 0 saturated heterocycles. The van der Waals surface area contributed by atoms with Gasteiger partial charge in [-0.25, -0.2) is 0 Å². The molecule has 1 aromatic carbocycles. The third-order valence-electron chi connectivity index (χ3n) is 4.16. The van der Waals surface area contributed by atoms with Gasteiger partial charge >= 0.3 is 0 Å². The predicted octanol–water partition coefficient (Wildman–Crippen LogP) is 2.91. The lowest BCUT2D eigenvalue weighted by molar-refractivity contribution is -0.118. The van der Waals surface area contributed by atoms with Crippen LogP contribution in [-0.2, 0) is 4.79 Å². The molecule has 0 radical (unpaired) electrons. The molecule has 0 atom stereocenters. The smallest absolute Gasteiger partial charge is 0.228 e. The summed E-state index contributed by atoms with van der Waals surface area (Å²) in [7, 11) is 0. The van der Waals surface area contributed by atoms with E-state index in [1.807, 2.05) is 18.2 Å². The third kappa shape index (κ3) is 4.44. The Bertz CT molecular complexity index is 688. The summed E-state index contributed by atoms with van der Waals surface area (Å²) in [6, 6.07) is 7.39. The molecule has 1 aromatic heterocycles. The number of hydrogen-bond donors (Lipinski definition) is 1. The number of carbonyl (C=O) groups excluding carboxylic acids is 1. The first-order chi connectivity index (χ1) is 11.6. The van der Waals surface area contributed by atoms with Crippen molar-refractivity contribution in [1.29, 1.82) is 0 Å². The monoisotopic (exact) mass is 348 g/mol. The largest absolute Gasteiger partial charge is 0.329 e. The molecule has 1 heterocycles. The Balaban J connectivity index is 2.28. The first-order valence-electron chi connectivity index (χ1n) is 8.37. The van der Waals surface area contributed by atoms with Crippen LogP contribution >= 0.6 is 11.6 Å². The molecule has 0 saturated carbocycles. The zero-order chi connectivity index (χ0) is 17.5. The normalized spacial score (nSPS) is 11.2. The zero-order valence-corrected chi connectivity index (χ0v) is 15.1. The number of halogens is 1. The summed E-state index contributed by atoms with van der Waals surface area (Å²) in [5.41, 5.74) is 7.36. The van der Waals surface area contributed by atoms with Crippen LogP contribution in [0.3, 0.4) is 0 Å². The molecule has 2 aromatic rings. The first kappa shape index (κ1) is 18.6. The van der Waals surface area contributed by atoms with E-state index in [1.54, 1.807) is 17.2 Å². The van der Waals surface area contributed by atoms with Crippen molar-refractivity contribution in [2.45, 2.75) is 20.3 Å². The molecule has 5 nitrogen and oxygen atoms in total. The molecule has 24 heavy (non-hydrogen) atoms. The van der Waals surface area contributed by atoms with Gasteiger partial charge in [0.1, 0.15) is 0 Å². The number of hydrogen-bond acceptors (Lipinski definition) is 4. The Morgan fingerprint density at radius 1 is 1.21 bits per heavy atom. The highest BCUT2D eigenvalue weighted by Gasteiger charge is 2.18. The van der Waals surface area contributed by atoms with Crippen molar-refractivity contribution in [2.75, 3.05) is 37.6 Å². The highest BCUT2D eigenvalue weighted by atomic mass is 35.5. The van der Waals surface area contributed by atoms with Crippen LogP contribution in [0.1, 0.15) is 20.3 Å². The molecule has 130 valence electrons. The van der Waals surface area contributed by atoms with Crippen molar-refractivity contribution in [1.82, 2.24) is 9.88 Å². The fourth-order valence-electron chi connectivity index (χ4n) is 2.78. The van der Waals surface area contributed by atoms with Crippen LogP contribution in [0.2, 0.25) is 5.02 Å². The molecule has 0 aliphatic heterocycles. The molecule has 0 aliphatic carbocycles. The van der Waals surface area contributed by atoms with Gasteiger partial charge in [-0.1, -0.05) is 25.4 Å². The summed E-state index contributed by atoms with van der Waals surface area (Å²) in [6.45, 7) is 7.74. The highest BCUT2D eigenvalue weighted by molar-refractivity contribution is 6.31. The number of carbonyl (C=O) groups is 1. The van der Waals surface area contributed by atoms with Crippen molar-refractivity contribution in [3.63, 3.8) is 0 Å². The number of nitrogens with zero attached hydrogens (tertiary/aromatic N) is 3. The number of benzene rings is 1. The molecule has 0 spiro atoms. The molecule has 0 unspecified atom stereocenters. The number of rotatable bonds is 8. The zero-order valence-electron chi connectivity index (χ0n) is 14.3. The summed E-state index contributed by atoms with van der Waals surface area (Å²) < 4.78 is 0. The van der Waals surface area contributed by atoms with Gasteiger partial charge in [-0.2, -0.15) is 0 Å². The van der Waals surface area contributed by atoms with E-state index in [0.717, 1.165) is 36.2 Å². The second-order valence-corrected chi connectivity index (χ2v) is 6.04. The van der Waals surface area contributed by atoms with E-state index in [4.69, 9.17) is 17.3 Å². The second kappa shape index (κ2) is 8.97. The minimum Gasteiger partial charge on any atom is -0.329 e. The van der Waals surface area contributed by atoms with Gasteiger partial charge in [-0.15, -0.1) is 0 Å². The van der Waals surface area contributed by atoms with Crippen LogP contribution < -0.4 is 10.6 Å². The lowest BCUT2D eigenvalue weighted by Crippen LogP contribution is -2.38.